The smallest absolute Gasteiger partial charge is 0.226 e. The molecule has 3 unspecified atom stereocenters. The lowest BCUT2D eigenvalue weighted by Gasteiger charge is -2.16. The molecule has 9 heavy (non-hydrogen) atoms. The molecule has 0 spiro atoms. The van der Waals surface area contributed by atoms with Crippen molar-refractivity contribution >= 4 is 28.5 Å². The van der Waals surface area contributed by atoms with Crippen molar-refractivity contribution in [2.45, 2.75) is 10.5 Å². The Morgan fingerprint density at radius 1 is 1.78 bits per heavy atom. The first-order valence-electron chi connectivity index (χ1n) is 3.12. The molecule has 3 atom stereocenters. The minimum atomic E-state index is 0.361. The molecular weight excluding hydrogens is 229 g/mol. The Labute approximate surface area is 67.7 Å². The zero-order chi connectivity index (χ0) is 6.59. The molecule has 0 aromatic rings. The Morgan fingerprint density at radius 3 is 2.67 bits per heavy atom. The number of alkyl halides is 1. The predicted molar refractivity (Wildman–Crippen MR) is 42.2 cm³/mol. The average Bonchev–Trinajstić information content (AvgIpc) is 2.56. The highest BCUT2D eigenvalue weighted by atomic mass is 127. The van der Waals surface area contributed by atoms with Gasteiger partial charge in [0.1, 0.15) is 0 Å². The molecule has 1 aliphatic carbocycles. The van der Waals surface area contributed by atoms with Gasteiger partial charge in [-0.1, -0.05) is 22.6 Å². The zero-order valence-electron chi connectivity index (χ0n) is 5.17. The normalized spacial score (nSPS) is 47.6. The monoisotopic (exact) mass is 237 g/mol. The summed E-state index contributed by atoms with van der Waals surface area (Å²) >= 11 is 2.35. The van der Waals surface area contributed by atoms with Crippen LogP contribution in [-0.4, -0.2) is 21.9 Å². The van der Waals surface area contributed by atoms with Crippen LogP contribution in [-0.2, 0) is 4.79 Å². The molecule has 0 radical (unpaired) electrons. The number of likely N-dealkylation sites (tertiary alicyclic amines) is 1. The van der Waals surface area contributed by atoms with E-state index < -0.39 is 0 Å². The first-order valence-corrected chi connectivity index (χ1v) is 4.37. The number of fused-ring (bicyclic) bond motifs is 1. The van der Waals surface area contributed by atoms with Gasteiger partial charge in [0.05, 0.1) is 4.05 Å². The number of rotatable bonds is 0. The maximum atomic E-state index is 11.1. The zero-order valence-corrected chi connectivity index (χ0v) is 7.33. The molecule has 1 aliphatic heterocycles. The van der Waals surface area contributed by atoms with Crippen LogP contribution in [0.25, 0.3) is 0 Å². The van der Waals surface area contributed by atoms with Crippen LogP contribution in [0.4, 0.5) is 0 Å². The quantitative estimate of drug-likeness (QED) is 0.347. The van der Waals surface area contributed by atoms with Crippen molar-refractivity contribution in [3.05, 3.63) is 0 Å². The largest absolute Gasteiger partial charge is 0.333 e. The lowest BCUT2D eigenvalue weighted by atomic mass is 10.4. The molecule has 0 N–H and O–H groups in total. The van der Waals surface area contributed by atoms with E-state index in [9.17, 15) is 4.79 Å². The van der Waals surface area contributed by atoms with Gasteiger partial charge in [0.15, 0.2) is 0 Å². The van der Waals surface area contributed by atoms with Gasteiger partial charge >= 0.3 is 0 Å². The van der Waals surface area contributed by atoms with Gasteiger partial charge < -0.3 is 4.90 Å². The van der Waals surface area contributed by atoms with Gasteiger partial charge in [0.2, 0.25) is 5.91 Å². The van der Waals surface area contributed by atoms with Crippen LogP contribution in [0, 0.1) is 11.8 Å². The fourth-order valence-corrected chi connectivity index (χ4v) is 2.54. The summed E-state index contributed by atoms with van der Waals surface area (Å²) in [6.07, 6.45) is 1.15. The van der Waals surface area contributed by atoms with Crippen LogP contribution in [0.5, 0.6) is 0 Å². The lowest BCUT2D eigenvalue weighted by molar-refractivity contribution is -0.128. The number of halogens is 1. The van der Waals surface area contributed by atoms with Crippen LogP contribution in [0.2, 0.25) is 0 Å². The van der Waals surface area contributed by atoms with E-state index in [4.69, 9.17) is 0 Å². The van der Waals surface area contributed by atoms with Crippen molar-refractivity contribution in [1.29, 1.82) is 0 Å². The Morgan fingerprint density at radius 2 is 2.44 bits per heavy atom. The summed E-state index contributed by atoms with van der Waals surface area (Å²) in [5, 5.41) is 0. The summed E-state index contributed by atoms with van der Waals surface area (Å²) in [5.41, 5.74) is 0. The second kappa shape index (κ2) is 1.62. The van der Waals surface area contributed by atoms with E-state index >= 15 is 0 Å². The van der Waals surface area contributed by atoms with Crippen molar-refractivity contribution in [2.75, 3.05) is 7.05 Å². The molecule has 50 valence electrons. The Kier molecular flexibility index (Phi) is 1.07. The standard InChI is InChI=1S/C6H8INO/c1-8-5(7)3-2-4(3)6(8)9/h3-5H,2H2,1H3. The molecule has 2 nitrogen and oxygen atoms in total. The second-order valence-corrected chi connectivity index (χ2v) is 4.10. The van der Waals surface area contributed by atoms with Gasteiger partial charge in [-0.25, -0.2) is 0 Å². The van der Waals surface area contributed by atoms with Gasteiger partial charge in [-0.3, -0.25) is 4.79 Å². The van der Waals surface area contributed by atoms with E-state index in [1.807, 2.05) is 11.9 Å². The molecule has 2 fully saturated rings. The van der Waals surface area contributed by atoms with Crippen molar-refractivity contribution in [3.63, 3.8) is 0 Å². The highest BCUT2D eigenvalue weighted by Gasteiger charge is 2.56. The summed E-state index contributed by atoms with van der Waals surface area (Å²) in [7, 11) is 1.89. The first kappa shape index (κ1) is 5.95. The molecule has 1 saturated heterocycles. The fraction of sp³-hybridized carbons (Fsp3) is 0.833. The molecule has 0 aromatic carbocycles. The number of carbonyl (C=O) groups excluding carboxylic acids is 1. The van der Waals surface area contributed by atoms with Gasteiger partial charge in [-0.2, -0.15) is 0 Å². The molecule has 0 aromatic heterocycles. The van der Waals surface area contributed by atoms with Crippen molar-refractivity contribution in [1.82, 2.24) is 4.90 Å². The molecule has 1 amide bonds. The highest BCUT2D eigenvalue weighted by molar-refractivity contribution is 14.1. The Bertz CT molecular complexity index is 170. The van der Waals surface area contributed by atoms with E-state index in [0.29, 0.717) is 21.8 Å². The van der Waals surface area contributed by atoms with E-state index in [0.717, 1.165) is 6.42 Å². The molecule has 1 heterocycles. The van der Waals surface area contributed by atoms with E-state index in [1.165, 1.54) is 0 Å². The summed E-state index contributed by atoms with van der Waals surface area (Å²) in [5.74, 6) is 1.47. The Hall–Kier alpha value is 0.200. The number of piperidine rings is 1. The number of carbonyl (C=O) groups is 1. The van der Waals surface area contributed by atoms with E-state index in [1.54, 1.807) is 0 Å². The molecule has 0 bridgehead atoms. The number of hydrogen-bond donors (Lipinski definition) is 0. The molecule has 3 heteroatoms. The van der Waals surface area contributed by atoms with Gasteiger partial charge in [0, 0.05) is 18.9 Å². The van der Waals surface area contributed by atoms with Crippen molar-refractivity contribution in [2.24, 2.45) is 11.8 Å². The number of amides is 1. The van der Waals surface area contributed by atoms with Gasteiger partial charge in [0.25, 0.3) is 0 Å². The summed E-state index contributed by atoms with van der Waals surface area (Å²) in [4.78, 5) is 12.9. The molecular formula is C6H8INO. The number of nitrogens with zero attached hydrogens (tertiary/aromatic N) is 1. The van der Waals surface area contributed by atoms with Crippen LogP contribution in [0.1, 0.15) is 6.42 Å². The van der Waals surface area contributed by atoms with Gasteiger partial charge in [-0.05, 0) is 6.42 Å². The first-order chi connectivity index (χ1) is 4.22. The predicted octanol–water partition coefficient (Wildman–Crippen LogP) is 0.856. The second-order valence-electron chi connectivity index (χ2n) is 2.83. The summed E-state index contributed by atoms with van der Waals surface area (Å²) in [6, 6.07) is 0. The topological polar surface area (TPSA) is 20.3 Å². The fourth-order valence-electron chi connectivity index (χ4n) is 1.47. The summed E-state index contributed by atoms with van der Waals surface area (Å²) in [6.45, 7) is 0. The van der Waals surface area contributed by atoms with E-state index in [-0.39, 0.29) is 0 Å². The highest BCUT2D eigenvalue weighted by Crippen LogP contribution is 2.51. The van der Waals surface area contributed by atoms with Crippen molar-refractivity contribution < 1.29 is 4.79 Å². The number of hydrogen-bond acceptors (Lipinski definition) is 1. The lowest BCUT2D eigenvalue weighted by Crippen LogP contribution is -2.28. The van der Waals surface area contributed by atoms with E-state index in [2.05, 4.69) is 22.6 Å². The molecule has 2 aliphatic rings. The van der Waals surface area contributed by atoms with Crippen LogP contribution in [0.3, 0.4) is 0 Å². The summed E-state index contributed by atoms with van der Waals surface area (Å²) < 4.78 is 0.486. The van der Waals surface area contributed by atoms with Crippen LogP contribution >= 0.6 is 22.6 Å². The molecule has 2 rings (SSSR count). The van der Waals surface area contributed by atoms with Crippen molar-refractivity contribution in [3.8, 4) is 0 Å². The average molecular weight is 237 g/mol. The maximum absolute atomic E-state index is 11.1. The maximum Gasteiger partial charge on any atom is 0.226 e. The third kappa shape index (κ3) is 0.640. The molecule has 1 saturated carbocycles. The SMILES string of the molecule is CN1C(=O)C2CC2C1I. The van der Waals surface area contributed by atoms with Gasteiger partial charge in [-0.15, -0.1) is 0 Å². The minimum absolute atomic E-state index is 0.361. The van der Waals surface area contributed by atoms with Crippen LogP contribution in [0.15, 0.2) is 0 Å². The third-order valence-corrected chi connectivity index (χ3v) is 3.99. The third-order valence-electron chi connectivity index (χ3n) is 2.23. The Balaban J connectivity index is 2.23. The van der Waals surface area contributed by atoms with Crippen LogP contribution < -0.4 is 0 Å². The minimum Gasteiger partial charge on any atom is -0.333 e.